The predicted molar refractivity (Wildman–Crippen MR) is 62.0 cm³/mol. The zero-order chi connectivity index (χ0) is 12.1. The second-order valence-corrected chi connectivity index (χ2v) is 3.72. The molecular formula is C11H12ClNO3. The van der Waals surface area contributed by atoms with Crippen LogP contribution in [0.15, 0.2) is 23.4 Å². The monoisotopic (exact) mass is 241 g/mol. The summed E-state index contributed by atoms with van der Waals surface area (Å²) in [5.41, 5.74) is 2.40. The van der Waals surface area contributed by atoms with Crippen LogP contribution in [-0.4, -0.2) is 23.4 Å². The molecule has 0 amide bonds. The summed E-state index contributed by atoms with van der Waals surface area (Å²) >= 11 is 5.88. The standard InChI is InChI=1S/C11H12ClNO3/c1-7-5-9(3-4-10(7)12)8(2)13-16-6-11(14)15/h3-5H,6H2,1-2H3,(H,14,15)/b13-8+. The number of carbonyl (C=O) groups is 1. The molecule has 0 atom stereocenters. The van der Waals surface area contributed by atoms with Crippen LogP contribution in [0.2, 0.25) is 5.02 Å². The van der Waals surface area contributed by atoms with E-state index in [-0.39, 0.29) is 0 Å². The van der Waals surface area contributed by atoms with Crippen molar-refractivity contribution in [3.8, 4) is 0 Å². The van der Waals surface area contributed by atoms with Crippen LogP contribution < -0.4 is 0 Å². The lowest BCUT2D eigenvalue weighted by Crippen LogP contribution is -2.05. The highest BCUT2D eigenvalue weighted by Gasteiger charge is 2.02. The van der Waals surface area contributed by atoms with Crippen molar-refractivity contribution < 1.29 is 14.7 Å². The van der Waals surface area contributed by atoms with Crippen LogP contribution in [0.3, 0.4) is 0 Å². The van der Waals surface area contributed by atoms with E-state index in [0.29, 0.717) is 10.7 Å². The first-order chi connectivity index (χ1) is 7.50. The molecule has 0 aliphatic carbocycles. The molecule has 4 nitrogen and oxygen atoms in total. The van der Waals surface area contributed by atoms with Crippen molar-refractivity contribution in [2.24, 2.45) is 5.16 Å². The van der Waals surface area contributed by atoms with Gasteiger partial charge in [-0.15, -0.1) is 0 Å². The van der Waals surface area contributed by atoms with Crippen molar-refractivity contribution in [3.63, 3.8) is 0 Å². The van der Waals surface area contributed by atoms with E-state index in [9.17, 15) is 4.79 Å². The third kappa shape index (κ3) is 3.55. The van der Waals surface area contributed by atoms with Gasteiger partial charge in [-0.1, -0.05) is 22.8 Å². The van der Waals surface area contributed by atoms with Gasteiger partial charge < -0.3 is 9.94 Å². The summed E-state index contributed by atoms with van der Waals surface area (Å²) < 4.78 is 0. The smallest absolute Gasteiger partial charge is 0.344 e. The highest BCUT2D eigenvalue weighted by molar-refractivity contribution is 6.31. The van der Waals surface area contributed by atoms with Gasteiger partial charge in [-0.25, -0.2) is 4.79 Å². The van der Waals surface area contributed by atoms with Crippen LogP contribution >= 0.6 is 11.6 Å². The van der Waals surface area contributed by atoms with Gasteiger partial charge in [0.2, 0.25) is 6.61 Å². The van der Waals surface area contributed by atoms with Gasteiger partial charge in [0.1, 0.15) is 0 Å². The topological polar surface area (TPSA) is 58.9 Å². The Morgan fingerprint density at radius 2 is 2.25 bits per heavy atom. The number of oxime groups is 1. The summed E-state index contributed by atoms with van der Waals surface area (Å²) in [6.07, 6.45) is 0. The summed E-state index contributed by atoms with van der Waals surface area (Å²) in [5, 5.41) is 12.7. The van der Waals surface area contributed by atoms with Gasteiger partial charge in [-0.3, -0.25) is 0 Å². The lowest BCUT2D eigenvalue weighted by atomic mass is 10.1. The number of nitrogens with zero attached hydrogens (tertiary/aromatic N) is 1. The number of aryl methyl sites for hydroxylation is 1. The van der Waals surface area contributed by atoms with E-state index in [4.69, 9.17) is 16.7 Å². The van der Waals surface area contributed by atoms with Crippen molar-refractivity contribution in [3.05, 3.63) is 34.3 Å². The fourth-order valence-electron chi connectivity index (χ4n) is 1.11. The molecule has 1 rings (SSSR count). The lowest BCUT2D eigenvalue weighted by Gasteiger charge is -2.03. The Morgan fingerprint density at radius 3 is 2.81 bits per heavy atom. The molecule has 0 radical (unpaired) electrons. The molecule has 0 aliphatic rings. The maximum atomic E-state index is 10.2. The van der Waals surface area contributed by atoms with E-state index in [1.165, 1.54) is 0 Å². The number of carboxylic acids is 1. The number of hydrogen-bond donors (Lipinski definition) is 1. The number of hydrogen-bond acceptors (Lipinski definition) is 3. The van der Waals surface area contributed by atoms with Crippen LogP contribution in [0, 0.1) is 6.92 Å². The van der Waals surface area contributed by atoms with E-state index < -0.39 is 12.6 Å². The molecule has 1 N–H and O–H groups in total. The number of carboxylic acid groups (broad SMARTS) is 1. The Hall–Kier alpha value is -1.55. The first-order valence-electron chi connectivity index (χ1n) is 4.65. The largest absolute Gasteiger partial charge is 0.479 e. The second kappa shape index (κ2) is 5.51. The Bertz CT molecular complexity index is 429. The van der Waals surface area contributed by atoms with Gasteiger partial charge in [-0.2, -0.15) is 0 Å². The highest BCUT2D eigenvalue weighted by atomic mass is 35.5. The van der Waals surface area contributed by atoms with E-state index in [1.807, 2.05) is 13.0 Å². The SMILES string of the molecule is C/C(=N\OCC(=O)O)c1ccc(Cl)c(C)c1. The summed E-state index contributed by atoms with van der Waals surface area (Å²) in [6, 6.07) is 5.44. The molecule has 1 aromatic rings. The normalized spacial score (nSPS) is 11.3. The van der Waals surface area contributed by atoms with Crippen molar-refractivity contribution in [1.82, 2.24) is 0 Å². The van der Waals surface area contributed by atoms with Gasteiger partial charge in [0, 0.05) is 5.02 Å². The van der Waals surface area contributed by atoms with Crippen molar-refractivity contribution >= 4 is 23.3 Å². The molecule has 0 aliphatic heterocycles. The summed E-state index contributed by atoms with van der Waals surface area (Å²) in [6.45, 7) is 3.19. The molecule has 16 heavy (non-hydrogen) atoms. The molecule has 0 spiro atoms. The van der Waals surface area contributed by atoms with Gasteiger partial charge in [-0.05, 0) is 37.1 Å². The highest BCUT2D eigenvalue weighted by Crippen LogP contribution is 2.16. The van der Waals surface area contributed by atoms with Crippen LogP contribution in [0.1, 0.15) is 18.1 Å². The number of aliphatic carboxylic acids is 1. The van der Waals surface area contributed by atoms with Gasteiger partial charge in [0.25, 0.3) is 0 Å². The summed E-state index contributed by atoms with van der Waals surface area (Å²) in [5.74, 6) is -1.05. The molecule has 0 saturated carbocycles. The Morgan fingerprint density at radius 1 is 1.56 bits per heavy atom. The van der Waals surface area contributed by atoms with Gasteiger partial charge >= 0.3 is 5.97 Å². The molecule has 0 bridgehead atoms. The van der Waals surface area contributed by atoms with Crippen LogP contribution in [0.5, 0.6) is 0 Å². The third-order valence-corrected chi connectivity index (χ3v) is 2.39. The molecule has 0 unspecified atom stereocenters. The quantitative estimate of drug-likeness (QED) is 0.651. The average molecular weight is 242 g/mol. The van der Waals surface area contributed by atoms with Gasteiger partial charge in [0.15, 0.2) is 0 Å². The number of rotatable bonds is 4. The summed E-state index contributed by atoms with van der Waals surface area (Å²) in [7, 11) is 0. The Kier molecular flexibility index (Phi) is 4.31. The minimum Gasteiger partial charge on any atom is -0.479 e. The third-order valence-electron chi connectivity index (χ3n) is 1.97. The van der Waals surface area contributed by atoms with Gasteiger partial charge in [0.05, 0.1) is 5.71 Å². The maximum absolute atomic E-state index is 10.2. The maximum Gasteiger partial charge on any atom is 0.344 e. The van der Waals surface area contributed by atoms with Crippen molar-refractivity contribution in [2.75, 3.05) is 6.61 Å². The molecule has 5 heteroatoms. The molecular weight excluding hydrogens is 230 g/mol. The van der Waals surface area contributed by atoms with Crippen LogP contribution in [-0.2, 0) is 9.63 Å². The van der Waals surface area contributed by atoms with Crippen LogP contribution in [0.4, 0.5) is 0 Å². The molecule has 0 saturated heterocycles. The van der Waals surface area contributed by atoms with Crippen molar-refractivity contribution in [1.29, 1.82) is 0 Å². The van der Waals surface area contributed by atoms with Crippen molar-refractivity contribution in [2.45, 2.75) is 13.8 Å². The minimum atomic E-state index is -1.05. The van der Waals surface area contributed by atoms with E-state index in [1.54, 1.807) is 19.1 Å². The molecule has 0 heterocycles. The molecule has 86 valence electrons. The Balaban J connectivity index is 2.75. The fraction of sp³-hybridized carbons (Fsp3) is 0.273. The number of benzene rings is 1. The zero-order valence-corrected chi connectivity index (χ0v) is 9.78. The Labute approximate surface area is 98.5 Å². The van der Waals surface area contributed by atoms with E-state index in [0.717, 1.165) is 11.1 Å². The first kappa shape index (κ1) is 12.5. The van der Waals surface area contributed by atoms with E-state index in [2.05, 4.69) is 9.99 Å². The zero-order valence-electron chi connectivity index (χ0n) is 9.03. The fourth-order valence-corrected chi connectivity index (χ4v) is 1.22. The molecule has 0 aromatic heterocycles. The second-order valence-electron chi connectivity index (χ2n) is 3.31. The molecule has 1 aromatic carbocycles. The van der Waals surface area contributed by atoms with Crippen LogP contribution in [0.25, 0.3) is 0 Å². The molecule has 0 fully saturated rings. The number of halogens is 1. The summed E-state index contributed by atoms with van der Waals surface area (Å²) in [4.78, 5) is 14.8. The first-order valence-corrected chi connectivity index (χ1v) is 5.03. The minimum absolute atomic E-state index is 0.441. The lowest BCUT2D eigenvalue weighted by molar-refractivity contribution is -0.142. The van der Waals surface area contributed by atoms with E-state index >= 15 is 0 Å². The average Bonchev–Trinajstić information content (AvgIpc) is 2.21. The predicted octanol–water partition coefficient (Wildman–Crippen LogP) is 2.47.